The lowest BCUT2D eigenvalue weighted by Gasteiger charge is -2.18. The van der Waals surface area contributed by atoms with Gasteiger partial charge in [-0.3, -0.25) is 0 Å². The first kappa shape index (κ1) is 18.5. The number of rotatable bonds is 9. The van der Waals surface area contributed by atoms with Gasteiger partial charge in [-0.1, -0.05) is 40.0 Å². The quantitative estimate of drug-likeness (QED) is 0.400. The van der Waals surface area contributed by atoms with Gasteiger partial charge >= 0.3 is 12.1 Å². The number of unbranched alkanes of at least 4 members (excludes halogenated alkanes) is 4. The number of amides is 1. The largest absolute Gasteiger partial charge is 0.453 e. The maximum absolute atomic E-state index is 11.8. The fourth-order valence-electron chi connectivity index (χ4n) is 1.63. The third-order valence-corrected chi connectivity index (χ3v) is 2.88. The van der Waals surface area contributed by atoms with Crippen LogP contribution >= 0.6 is 0 Å². The second kappa shape index (κ2) is 11.3. The van der Waals surface area contributed by atoms with Crippen LogP contribution in [-0.4, -0.2) is 25.2 Å². The summed E-state index contributed by atoms with van der Waals surface area (Å²) >= 11 is 0. The fraction of sp³-hybridized carbons (Fsp3) is 0.733. The van der Waals surface area contributed by atoms with Gasteiger partial charge in [0.2, 0.25) is 0 Å². The van der Waals surface area contributed by atoms with Gasteiger partial charge in [-0.25, -0.2) is 9.59 Å². The first-order valence-corrected chi connectivity index (χ1v) is 7.22. The summed E-state index contributed by atoms with van der Waals surface area (Å²) < 4.78 is 9.51. The Morgan fingerprint density at radius 3 is 2.45 bits per heavy atom. The number of allylic oxidation sites excluding steroid dienone is 1. The Labute approximate surface area is 121 Å². The molecule has 0 bridgehead atoms. The average molecular weight is 285 g/mol. The minimum absolute atomic E-state index is 0.0699. The second-order valence-corrected chi connectivity index (χ2v) is 5.02. The van der Waals surface area contributed by atoms with E-state index in [1.54, 1.807) is 0 Å². The van der Waals surface area contributed by atoms with E-state index in [1.807, 2.05) is 19.9 Å². The molecule has 0 radical (unpaired) electrons. The smallest absolute Gasteiger partial charge is 0.407 e. The summed E-state index contributed by atoms with van der Waals surface area (Å²) in [7, 11) is 1.26. The van der Waals surface area contributed by atoms with Gasteiger partial charge in [0.1, 0.15) is 6.04 Å². The standard InChI is InChI=1S/C15H27NO4/c1-5-6-7-8-9-10-11-20-14(17)13(12(2)3)16-15(18)19-4/h10-13H,5-9H2,1-4H3,(H,16,18)/b11-10+/t13-/m0/s1. The number of carbonyl (C=O) groups excluding carboxylic acids is 2. The molecular weight excluding hydrogens is 258 g/mol. The van der Waals surface area contributed by atoms with Crippen LogP contribution in [0, 0.1) is 5.92 Å². The molecule has 0 rings (SSSR count). The third kappa shape index (κ3) is 8.56. The van der Waals surface area contributed by atoms with Crippen LogP contribution in [0.3, 0.4) is 0 Å². The molecule has 1 amide bonds. The molecule has 0 saturated carbocycles. The Morgan fingerprint density at radius 2 is 1.90 bits per heavy atom. The minimum Gasteiger partial charge on any atom is -0.453 e. The van der Waals surface area contributed by atoms with E-state index in [-0.39, 0.29) is 5.92 Å². The maximum Gasteiger partial charge on any atom is 0.407 e. The number of hydrogen-bond donors (Lipinski definition) is 1. The molecular formula is C15H27NO4. The van der Waals surface area contributed by atoms with Crippen molar-refractivity contribution in [2.24, 2.45) is 5.92 Å². The van der Waals surface area contributed by atoms with E-state index in [9.17, 15) is 9.59 Å². The van der Waals surface area contributed by atoms with Gasteiger partial charge in [-0.05, 0) is 24.8 Å². The molecule has 1 N–H and O–H groups in total. The van der Waals surface area contributed by atoms with Crippen LogP contribution in [0.4, 0.5) is 4.79 Å². The zero-order valence-electron chi connectivity index (χ0n) is 13.0. The zero-order valence-corrected chi connectivity index (χ0v) is 13.0. The summed E-state index contributed by atoms with van der Waals surface area (Å²) in [6.07, 6.45) is 8.21. The summed E-state index contributed by atoms with van der Waals surface area (Å²) in [4.78, 5) is 23.0. The van der Waals surface area contributed by atoms with Crippen molar-refractivity contribution in [3.8, 4) is 0 Å². The molecule has 0 saturated heterocycles. The van der Waals surface area contributed by atoms with Gasteiger partial charge in [0.15, 0.2) is 0 Å². The Kier molecular flexibility index (Phi) is 10.5. The minimum atomic E-state index is -0.702. The molecule has 0 aliphatic heterocycles. The summed E-state index contributed by atoms with van der Waals surface area (Å²) in [5.41, 5.74) is 0. The second-order valence-electron chi connectivity index (χ2n) is 5.02. The number of ether oxygens (including phenoxy) is 2. The van der Waals surface area contributed by atoms with E-state index in [1.165, 1.54) is 32.6 Å². The number of esters is 1. The van der Waals surface area contributed by atoms with Crippen LogP contribution in [0.5, 0.6) is 0 Å². The molecule has 116 valence electrons. The van der Waals surface area contributed by atoms with Gasteiger partial charge < -0.3 is 14.8 Å². The lowest BCUT2D eigenvalue weighted by molar-refractivity contribution is -0.141. The monoisotopic (exact) mass is 285 g/mol. The summed E-state index contributed by atoms with van der Waals surface area (Å²) in [5, 5.41) is 2.47. The molecule has 0 aliphatic carbocycles. The van der Waals surface area contributed by atoms with Gasteiger partial charge in [-0.2, -0.15) is 0 Å². The van der Waals surface area contributed by atoms with Crippen LogP contribution in [-0.2, 0) is 14.3 Å². The third-order valence-electron chi connectivity index (χ3n) is 2.88. The summed E-state index contributed by atoms with van der Waals surface area (Å²) in [6, 6.07) is -0.702. The van der Waals surface area contributed by atoms with E-state index in [4.69, 9.17) is 4.74 Å². The molecule has 0 unspecified atom stereocenters. The highest BCUT2D eigenvalue weighted by atomic mass is 16.5. The van der Waals surface area contributed by atoms with E-state index in [2.05, 4.69) is 17.0 Å². The van der Waals surface area contributed by atoms with Gasteiger partial charge in [0, 0.05) is 0 Å². The molecule has 0 aliphatic rings. The van der Waals surface area contributed by atoms with Crippen molar-refractivity contribution in [2.45, 2.75) is 58.9 Å². The maximum atomic E-state index is 11.8. The van der Waals surface area contributed by atoms with Crippen molar-refractivity contribution in [3.63, 3.8) is 0 Å². The van der Waals surface area contributed by atoms with Gasteiger partial charge in [0.25, 0.3) is 0 Å². The van der Waals surface area contributed by atoms with Crippen LogP contribution in [0.15, 0.2) is 12.3 Å². The first-order chi connectivity index (χ1) is 9.52. The van der Waals surface area contributed by atoms with Crippen molar-refractivity contribution in [1.29, 1.82) is 0 Å². The highest BCUT2D eigenvalue weighted by molar-refractivity contribution is 5.81. The van der Waals surface area contributed by atoms with E-state index < -0.39 is 18.1 Å². The first-order valence-electron chi connectivity index (χ1n) is 7.22. The Hall–Kier alpha value is -1.52. The van der Waals surface area contributed by atoms with Crippen molar-refractivity contribution in [1.82, 2.24) is 5.32 Å². The van der Waals surface area contributed by atoms with Crippen LogP contribution in [0.2, 0.25) is 0 Å². The molecule has 0 aromatic carbocycles. The number of nitrogens with one attached hydrogen (secondary N) is 1. The Morgan fingerprint density at radius 1 is 1.20 bits per heavy atom. The predicted octanol–water partition coefficient (Wildman–Crippen LogP) is 3.39. The van der Waals surface area contributed by atoms with Crippen molar-refractivity contribution in [3.05, 3.63) is 12.3 Å². The zero-order chi connectivity index (χ0) is 15.4. The number of methoxy groups -OCH3 is 1. The highest BCUT2D eigenvalue weighted by Crippen LogP contribution is 2.06. The van der Waals surface area contributed by atoms with Gasteiger partial charge in [0.05, 0.1) is 13.4 Å². The molecule has 20 heavy (non-hydrogen) atoms. The Balaban J connectivity index is 4.07. The molecule has 0 aromatic rings. The van der Waals surface area contributed by atoms with Crippen molar-refractivity contribution >= 4 is 12.1 Å². The predicted molar refractivity (Wildman–Crippen MR) is 78.2 cm³/mol. The highest BCUT2D eigenvalue weighted by Gasteiger charge is 2.25. The van der Waals surface area contributed by atoms with Crippen molar-refractivity contribution in [2.75, 3.05) is 7.11 Å². The van der Waals surface area contributed by atoms with E-state index in [0.29, 0.717) is 0 Å². The van der Waals surface area contributed by atoms with Crippen molar-refractivity contribution < 1.29 is 19.1 Å². The number of carbonyl (C=O) groups is 2. The lowest BCUT2D eigenvalue weighted by atomic mass is 10.1. The topological polar surface area (TPSA) is 64.6 Å². The summed E-state index contributed by atoms with van der Waals surface area (Å²) in [6.45, 7) is 5.82. The molecule has 0 heterocycles. The van der Waals surface area contributed by atoms with E-state index in [0.717, 1.165) is 12.8 Å². The van der Waals surface area contributed by atoms with Crippen LogP contribution < -0.4 is 5.32 Å². The van der Waals surface area contributed by atoms with Gasteiger partial charge in [-0.15, -0.1) is 0 Å². The van der Waals surface area contributed by atoms with Crippen LogP contribution in [0.25, 0.3) is 0 Å². The fourth-order valence-corrected chi connectivity index (χ4v) is 1.63. The number of hydrogen-bond acceptors (Lipinski definition) is 4. The van der Waals surface area contributed by atoms with E-state index >= 15 is 0 Å². The molecule has 0 spiro atoms. The SMILES string of the molecule is CCCCCC/C=C/OC(=O)[C@@H](NC(=O)OC)C(C)C. The summed E-state index contributed by atoms with van der Waals surface area (Å²) in [5.74, 6) is -0.547. The van der Waals surface area contributed by atoms with Crippen LogP contribution in [0.1, 0.15) is 52.9 Å². The molecule has 0 aromatic heterocycles. The number of alkyl carbamates (subject to hydrolysis) is 1. The molecule has 1 atom stereocenters. The molecule has 0 fully saturated rings. The molecule has 5 heteroatoms. The average Bonchev–Trinajstić information content (AvgIpc) is 2.42. The Bertz CT molecular complexity index is 313. The molecule has 5 nitrogen and oxygen atoms in total. The lowest BCUT2D eigenvalue weighted by Crippen LogP contribution is -2.44. The normalized spacial score (nSPS) is 12.4.